The van der Waals surface area contributed by atoms with Crippen LogP contribution in [0.5, 0.6) is 0 Å². The number of benzene rings is 3. The Morgan fingerprint density at radius 3 is 2.21 bits per heavy atom. The van der Waals surface area contributed by atoms with Gasteiger partial charge >= 0.3 is 0 Å². The number of rotatable bonds is 3. The summed E-state index contributed by atoms with van der Waals surface area (Å²) in [5, 5.41) is 1.37. The van der Waals surface area contributed by atoms with Gasteiger partial charge in [0, 0.05) is 20.9 Å². The molecule has 0 radical (unpaired) electrons. The van der Waals surface area contributed by atoms with Gasteiger partial charge in [0.05, 0.1) is 15.7 Å². The minimum Gasteiger partial charge on any atom is -0.455 e. The second kappa shape index (κ2) is 6.27. The Morgan fingerprint density at radius 2 is 1.50 bits per heavy atom. The molecule has 3 aromatic carbocycles. The number of halogens is 1. The lowest BCUT2D eigenvalue weighted by Gasteiger charge is -2.04. The SMILES string of the molecule is O=[S@](c1ccccc1)c1c(-c2ccccc2)oc2ccc(Cl)cc12. The van der Waals surface area contributed by atoms with Gasteiger partial charge in [-0.2, -0.15) is 0 Å². The van der Waals surface area contributed by atoms with Crippen molar-refractivity contribution >= 4 is 33.4 Å². The molecule has 0 aliphatic heterocycles. The summed E-state index contributed by atoms with van der Waals surface area (Å²) in [6.07, 6.45) is 0. The van der Waals surface area contributed by atoms with E-state index in [9.17, 15) is 4.21 Å². The van der Waals surface area contributed by atoms with Gasteiger partial charge in [0.15, 0.2) is 5.76 Å². The Labute approximate surface area is 147 Å². The minimum atomic E-state index is -1.36. The summed E-state index contributed by atoms with van der Waals surface area (Å²) < 4.78 is 19.3. The van der Waals surface area contributed by atoms with Gasteiger partial charge in [-0.1, -0.05) is 60.1 Å². The van der Waals surface area contributed by atoms with Crippen LogP contribution in [0.4, 0.5) is 0 Å². The molecule has 0 N–H and O–H groups in total. The molecule has 1 aromatic heterocycles. The average Bonchev–Trinajstić information content (AvgIpc) is 3.01. The molecule has 0 saturated heterocycles. The van der Waals surface area contributed by atoms with Crippen molar-refractivity contribution in [3.8, 4) is 11.3 Å². The molecule has 0 aliphatic carbocycles. The van der Waals surface area contributed by atoms with Crippen molar-refractivity contribution in [3.63, 3.8) is 0 Å². The molecule has 0 spiro atoms. The molecule has 1 atom stereocenters. The molecular formula is C20H13ClO2S. The Kier molecular flexibility index (Phi) is 3.97. The Hall–Kier alpha value is -2.36. The molecule has 0 bridgehead atoms. The first kappa shape index (κ1) is 15.2. The third-order valence-electron chi connectivity index (χ3n) is 3.78. The molecule has 2 nitrogen and oxygen atoms in total. The maximum atomic E-state index is 13.2. The van der Waals surface area contributed by atoms with Gasteiger partial charge in [-0.15, -0.1) is 0 Å². The third-order valence-corrected chi connectivity index (χ3v) is 5.49. The summed E-state index contributed by atoms with van der Waals surface area (Å²) in [6, 6.07) is 24.5. The maximum absolute atomic E-state index is 13.2. The molecule has 4 aromatic rings. The topological polar surface area (TPSA) is 30.2 Å². The third kappa shape index (κ3) is 2.66. The second-order valence-electron chi connectivity index (χ2n) is 5.35. The lowest BCUT2D eigenvalue weighted by Crippen LogP contribution is -1.93. The molecule has 0 amide bonds. The van der Waals surface area contributed by atoms with E-state index in [0.29, 0.717) is 21.3 Å². The summed E-state index contributed by atoms with van der Waals surface area (Å²) in [5.41, 5.74) is 1.57. The van der Waals surface area contributed by atoms with Crippen LogP contribution in [0.3, 0.4) is 0 Å². The van der Waals surface area contributed by atoms with Crippen molar-refractivity contribution in [2.24, 2.45) is 0 Å². The second-order valence-corrected chi connectivity index (χ2v) is 7.20. The van der Waals surface area contributed by atoms with E-state index >= 15 is 0 Å². The number of fused-ring (bicyclic) bond motifs is 1. The van der Waals surface area contributed by atoms with Crippen LogP contribution >= 0.6 is 11.6 Å². The molecule has 24 heavy (non-hydrogen) atoms. The highest BCUT2D eigenvalue weighted by molar-refractivity contribution is 7.85. The van der Waals surface area contributed by atoms with E-state index in [1.807, 2.05) is 72.8 Å². The molecule has 0 unspecified atom stereocenters. The molecule has 4 rings (SSSR count). The van der Waals surface area contributed by atoms with Gasteiger partial charge in [0.1, 0.15) is 5.58 Å². The summed E-state index contributed by atoms with van der Waals surface area (Å²) in [7, 11) is -1.36. The minimum absolute atomic E-state index is 0.592. The van der Waals surface area contributed by atoms with Crippen LogP contribution < -0.4 is 0 Å². The number of furan rings is 1. The first-order chi connectivity index (χ1) is 11.7. The van der Waals surface area contributed by atoms with Crippen LogP contribution in [0.25, 0.3) is 22.3 Å². The first-order valence-electron chi connectivity index (χ1n) is 7.48. The Bertz CT molecular complexity index is 1020. The van der Waals surface area contributed by atoms with Gasteiger partial charge in [0.25, 0.3) is 0 Å². The van der Waals surface area contributed by atoms with Gasteiger partial charge in [0.2, 0.25) is 0 Å². The summed E-state index contributed by atoms with van der Waals surface area (Å²) >= 11 is 6.16. The monoisotopic (exact) mass is 352 g/mol. The largest absolute Gasteiger partial charge is 0.455 e. The van der Waals surface area contributed by atoms with E-state index < -0.39 is 10.8 Å². The van der Waals surface area contributed by atoms with Crippen LogP contribution in [-0.2, 0) is 10.8 Å². The lowest BCUT2D eigenvalue weighted by molar-refractivity contribution is 0.622. The van der Waals surface area contributed by atoms with Crippen molar-refractivity contribution in [2.75, 3.05) is 0 Å². The quantitative estimate of drug-likeness (QED) is 0.458. The van der Waals surface area contributed by atoms with E-state index in [-0.39, 0.29) is 0 Å². The molecule has 118 valence electrons. The van der Waals surface area contributed by atoms with Crippen LogP contribution in [0.15, 0.2) is 93.1 Å². The van der Waals surface area contributed by atoms with E-state index in [1.165, 1.54) is 0 Å². The fraction of sp³-hybridized carbons (Fsp3) is 0. The van der Waals surface area contributed by atoms with Gasteiger partial charge in [-0.05, 0) is 30.3 Å². The molecular weight excluding hydrogens is 340 g/mol. The highest BCUT2D eigenvalue weighted by Crippen LogP contribution is 2.38. The fourth-order valence-electron chi connectivity index (χ4n) is 2.67. The van der Waals surface area contributed by atoms with E-state index in [0.717, 1.165) is 15.8 Å². The molecule has 0 fully saturated rings. The van der Waals surface area contributed by atoms with Crippen molar-refractivity contribution < 1.29 is 8.63 Å². The van der Waals surface area contributed by atoms with Crippen molar-refractivity contribution in [1.29, 1.82) is 0 Å². The van der Waals surface area contributed by atoms with Gasteiger partial charge in [-0.3, -0.25) is 0 Å². The predicted molar refractivity (Wildman–Crippen MR) is 97.8 cm³/mol. The zero-order valence-corrected chi connectivity index (χ0v) is 14.2. The van der Waals surface area contributed by atoms with Crippen LogP contribution in [0.2, 0.25) is 5.02 Å². The standard InChI is InChI=1S/C20H13ClO2S/c21-15-11-12-18-17(13-15)20(24(22)16-9-5-2-6-10-16)19(23-18)14-7-3-1-4-8-14/h1-13H/t24-/m1/s1. The highest BCUT2D eigenvalue weighted by Gasteiger charge is 2.22. The lowest BCUT2D eigenvalue weighted by atomic mass is 10.1. The fourth-order valence-corrected chi connectivity index (χ4v) is 4.17. The summed E-state index contributed by atoms with van der Waals surface area (Å²) in [5.74, 6) is 0.620. The summed E-state index contributed by atoms with van der Waals surface area (Å²) in [6.45, 7) is 0. The van der Waals surface area contributed by atoms with E-state index in [1.54, 1.807) is 6.07 Å². The van der Waals surface area contributed by atoms with E-state index in [4.69, 9.17) is 16.0 Å². The number of hydrogen-bond donors (Lipinski definition) is 0. The summed E-state index contributed by atoms with van der Waals surface area (Å²) in [4.78, 5) is 1.39. The maximum Gasteiger partial charge on any atom is 0.151 e. The number of hydrogen-bond acceptors (Lipinski definition) is 2. The zero-order valence-electron chi connectivity index (χ0n) is 12.6. The van der Waals surface area contributed by atoms with Crippen molar-refractivity contribution in [1.82, 2.24) is 0 Å². The van der Waals surface area contributed by atoms with Crippen LogP contribution in [-0.4, -0.2) is 4.21 Å². The van der Waals surface area contributed by atoms with E-state index in [2.05, 4.69) is 0 Å². The van der Waals surface area contributed by atoms with Crippen LogP contribution in [0.1, 0.15) is 0 Å². The first-order valence-corrected chi connectivity index (χ1v) is 9.01. The average molecular weight is 353 g/mol. The smallest absolute Gasteiger partial charge is 0.151 e. The Balaban J connectivity index is 2.01. The molecule has 0 saturated carbocycles. The van der Waals surface area contributed by atoms with Crippen molar-refractivity contribution in [3.05, 3.63) is 83.9 Å². The predicted octanol–water partition coefficient (Wildman–Crippen LogP) is 5.92. The van der Waals surface area contributed by atoms with Gasteiger partial charge in [-0.25, -0.2) is 4.21 Å². The van der Waals surface area contributed by atoms with Crippen LogP contribution in [0, 0.1) is 0 Å². The normalized spacial score (nSPS) is 12.4. The zero-order chi connectivity index (χ0) is 16.5. The molecule has 4 heteroatoms. The molecule has 1 heterocycles. The Morgan fingerprint density at radius 1 is 0.833 bits per heavy atom. The van der Waals surface area contributed by atoms with Gasteiger partial charge < -0.3 is 4.42 Å². The van der Waals surface area contributed by atoms with Crippen molar-refractivity contribution in [2.45, 2.75) is 9.79 Å². The molecule has 0 aliphatic rings. The highest BCUT2D eigenvalue weighted by atomic mass is 35.5.